The van der Waals surface area contributed by atoms with Crippen molar-refractivity contribution in [3.8, 4) is 45.5 Å². The number of benzene rings is 9. The molecule has 0 aliphatic carbocycles. The molecule has 3 aromatic heterocycles. The highest BCUT2D eigenvalue weighted by Crippen LogP contribution is 2.54. The summed E-state index contributed by atoms with van der Waals surface area (Å²) in [6.45, 7) is 11.5. The van der Waals surface area contributed by atoms with Crippen LogP contribution in [0.15, 0.2) is 212 Å². The number of fused-ring (bicyclic) bond motifs is 9. The molecule has 1 aliphatic heterocycles. The van der Waals surface area contributed by atoms with Crippen molar-refractivity contribution in [2.75, 3.05) is 4.90 Å². The van der Waals surface area contributed by atoms with Gasteiger partial charge in [0, 0.05) is 60.7 Å². The number of hydrogen-bond acceptors (Lipinski definition) is 4. The van der Waals surface area contributed by atoms with Crippen molar-refractivity contribution >= 4 is 60.7 Å². The first-order valence-electron chi connectivity index (χ1n) is 24.2. The van der Waals surface area contributed by atoms with Crippen molar-refractivity contribution in [2.45, 2.75) is 45.4 Å². The topological polar surface area (TPSA) is 51.8 Å². The van der Waals surface area contributed by atoms with E-state index in [1.165, 1.54) is 54.8 Å². The highest BCUT2D eigenvalue weighted by Gasteiger charge is 2.38. The number of anilines is 3. The molecule has 6 heteroatoms. The minimum Gasteiger partial charge on any atom is -0.310 e. The Labute approximate surface area is 407 Å². The Morgan fingerprint density at radius 2 is 0.814 bits per heavy atom. The quantitative estimate of drug-likeness (QED) is 0.167. The predicted octanol–water partition coefficient (Wildman–Crippen LogP) is 16.5. The molecule has 336 valence electrons. The first-order chi connectivity index (χ1) is 34.1. The second kappa shape index (κ2) is 15.7. The fraction of sp³-hybridized carbons (Fsp3) is 0.109. The minimum atomic E-state index is -0.360. The molecule has 12 aromatic rings. The van der Waals surface area contributed by atoms with Gasteiger partial charge in [-0.15, -0.1) is 0 Å². The van der Waals surface area contributed by atoms with E-state index in [1.54, 1.807) is 0 Å². The zero-order valence-electron chi connectivity index (χ0n) is 39.9. The Hall–Kier alpha value is -8.61. The smallest absolute Gasteiger partial charge is 0.164 e. The van der Waals surface area contributed by atoms with Gasteiger partial charge in [-0.25, -0.2) is 15.0 Å². The molecule has 6 nitrogen and oxygen atoms in total. The normalized spacial score (nSPS) is 13.3. The Bertz CT molecular complexity index is 3930. The SMILES string of the molecule is CC(C)(C)c1ccc(N2c3cc(-c4nc(-c5ccccc5)nc(-c5ccccc5)n4)ccc3C(C)(C)c3ccc(-n4c5ccccc5c5ccc6c7ccccc7n(-c7ccccc7)c6c54)cc32)cc1. The largest absolute Gasteiger partial charge is 0.310 e. The molecule has 0 fully saturated rings. The highest BCUT2D eigenvalue weighted by molar-refractivity contribution is 6.23. The third-order valence-corrected chi connectivity index (χ3v) is 14.5. The molecule has 0 N–H and O–H groups in total. The summed E-state index contributed by atoms with van der Waals surface area (Å²) in [6.07, 6.45) is 0. The summed E-state index contributed by atoms with van der Waals surface area (Å²) in [4.78, 5) is 17.9. The van der Waals surface area contributed by atoms with Gasteiger partial charge in [-0.3, -0.25) is 0 Å². The van der Waals surface area contributed by atoms with Crippen molar-refractivity contribution in [1.29, 1.82) is 0 Å². The van der Waals surface area contributed by atoms with Crippen LogP contribution in [-0.2, 0) is 10.8 Å². The lowest BCUT2D eigenvalue weighted by Crippen LogP contribution is -2.31. The summed E-state index contributed by atoms with van der Waals surface area (Å²) in [5, 5.41) is 4.89. The van der Waals surface area contributed by atoms with Gasteiger partial charge in [-0.05, 0) is 76.7 Å². The summed E-state index contributed by atoms with van der Waals surface area (Å²) in [7, 11) is 0. The summed E-state index contributed by atoms with van der Waals surface area (Å²) >= 11 is 0. The summed E-state index contributed by atoms with van der Waals surface area (Å²) < 4.78 is 4.96. The van der Waals surface area contributed by atoms with E-state index in [-0.39, 0.29) is 10.8 Å². The average molecular weight is 903 g/mol. The van der Waals surface area contributed by atoms with Crippen LogP contribution >= 0.6 is 0 Å². The predicted molar refractivity (Wildman–Crippen MR) is 290 cm³/mol. The second-order valence-electron chi connectivity index (χ2n) is 20.1. The minimum absolute atomic E-state index is 0.00569. The van der Waals surface area contributed by atoms with E-state index in [1.807, 2.05) is 36.4 Å². The highest BCUT2D eigenvalue weighted by atomic mass is 15.2. The van der Waals surface area contributed by atoms with E-state index in [9.17, 15) is 0 Å². The Balaban J connectivity index is 1.07. The third kappa shape index (κ3) is 6.51. The van der Waals surface area contributed by atoms with Crippen LogP contribution in [0.5, 0.6) is 0 Å². The van der Waals surface area contributed by atoms with Gasteiger partial charge in [-0.1, -0.05) is 192 Å². The number of rotatable bonds is 6. The second-order valence-corrected chi connectivity index (χ2v) is 20.1. The van der Waals surface area contributed by atoms with Gasteiger partial charge in [0.25, 0.3) is 0 Å². The fourth-order valence-corrected chi connectivity index (χ4v) is 11.0. The molecule has 0 saturated heterocycles. The van der Waals surface area contributed by atoms with Crippen LogP contribution in [0.3, 0.4) is 0 Å². The maximum absolute atomic E-state index is 5.19. The van der Waals surface area contributed by atoms with Crippen molar-refractivity contribution in [3.63, 3.8) is 0 Å². The zero-order chi connectivity index (χ0) is 47.3. The summed E-state index contributed by atoms with van der Waals surface area (Å²) in [6, 6.07) is 76.6. The Morgan fingerprint density at radius 1 is 0.371 bits per heavy atom. The van der Waals surface area contributed by atoms with Gasteiger partial charge in [0.2, 0.25) is 0 Å². The monoisotopic (exact) mass is 902 g/mol. The molecule has 0 unspecified atom stereocenters. The first-order valence-corrected chi connectivity index (χ1v) is 24.2. The first kappa shape index (κ1) is 41.6. The standard InChI is InChI=1S/C64H50N6/c1-63(2,3)44-30-32-46(33-31-44)68-56-39-43(62-66-60(41-19-9-6-10-20-41)65-61(67-62)42-21-11-7-12-22-42)29-37-52(56)64(4,5)53-38-34-47(40-57(53)68)70-55-28-18-16-26-49(55)51-36-35-50-48-25-15-17-27-54(48)69(58(50)59(51)70)45-23-13-8-14-24-45/h6-40H,1-5H3. The molecule has 0 saturated carbocycles. The van der Waals surface area contributed by atoms with Crippen molar-refractivity contribution in [1.82, 2.24) is 24.1 Å². The lowest BCUT2D eigenvalue weighted by molar-refractivity contribution is 0.590. The van der Waals surface area contributed by atoms with Gasteiger partial charge in [-0.2, -0.15) is 0 Å². The van der Waals surface area contributed by atoms with Gasteiger partial charge in [0.05, 0.1) is 33.4 Å². The van der Waals surface area contributed by atoms with Crippen LogP contribution in [0, 0.1) is 0 Å². The average Bonchev–Trinajstić information content (AvgIpc) is 3.92. The van der Waals surface area contributed by atoms with Crippen LogP contribution in [0.25, 0.3) is 89.2 Å². The van der Waals surface area contributed by atoms with E-state index in [2.05, 4.69) is 225 Å². The van der Waals surface area contributed by atoms with Gasteiger partial charge < -0.3 is 14.0 Å². The van der Waals surface area contributed by atoms with Gasteiger partial charge in [0.15, 0.2) is 17.5 Å². The Morgan fingerprint density at radius 3 is 1.36 bits per heavy atom. The molecular weight excluding hydrogens is 853 g/mol. The molecule has 9 aromatic carbocycles. The van der Waals surface area contributed by atoms with E-state index in [0.717, 1.165) is 50.6 Å². The van der Waals surface area contributed by atoms with E-state index < -0.39 is 0 Å². The number of para-hydroxylation sites is 3. The van der Waals surface area contributed by atoms with Crippen LogP contribution in [0.2, 0.25) is 0 Å². The maximum atomic E-state index is 5.19. The van der Waals surface area contributed by atoms with Crippen LogP contribution in [-0.4, -0.2) is 24.1 Å². The van der Waals surface area contributed by atoms with Crippen molar-refractivity contribution in [2.24, 2.45) is 0 Å². The summed E-state index contributed by atoms with van der Waals surface area (Å²) in [5.74, 6) is 1.90. The molecule has 0 spiro atoms. The van der Waals surface area contributed by atoms with E-state index >= 15 is 0 Å². The van der Waals surface area contributed by atoms with Crippen LogP contribution in [0.4, 0.5) is 17.1 Å². The lowest BCUT2D eigenvalue weighted by atomic mass is 9.73. The molecular formula is C64H50N6. The molecule has 4 heterocycles. The molecule has 0 bridgehead atoms. The Kier molecular flexibility index (Phi) is 9.34. The molecule has 1 aliphatic rings. The number of hydrogen-bond donors (Lipinski definition) is 0. The van der Waals surface area contributed by atoms with Crippen LogP contribution < -0.4 is 4.90 Å². The lowest BCUT2D eigenvalue weighted by Gasteiger charge is -2.42. The molecule has 70 heavy (non-hydrogen) atoms. The van der Waals surface area contributed by atoms with Crippen molar-refractivity contribution in [3.05, 3.63) is 229 Å². The molecule has 0 atom stereocenters. The van der Waals surface area contributed by atoms with Gasteiger partial charge >= 0.3 is 0 Å². The van der Waals surface area contributed by atoms with Crippen LogP contribution in [0.1, 0.15) is 51.3 Å². The maximum Gasteiger partial charge on any atom is 0.164 e. The molecule has 0 radical (unpaired) electrons. The fourth-order valence-electron chi connectivity index (χ4n) is 11.0. The molecule has 13 rings (SSSR count). The van der Waals surface area contributed by atoms with Gasteiger partial charge in [0.1, 0.15) is 0 Å². The van der Waals surface area contributed by atoms with E-state index in [0.29, 0.717) is 17.5 Å². The third-order valence-electron chi connectivity index (χ3n) is 14.5. The number of aromatic nitrogens is 5. The molecule has 0 amide bonds. The number of nitrogens with zero attached hydrogens (tertiary/aromatic N) is 6. The van der Waals surface area contributed by atoms with E-state index in [4.69, 9.17) is 15.0 Å². The van der Waals surface area contributed by atoms with Crippen molar-refractivity contribution < 1.29 is 0 Å². The zero-order valence-corrected chi connectivity index (χ0v) is 39.9. The summed E-state index contributed by atoms with van der Waals surface area (Å²) in [5.41, 5.74) is 16.4.